The van der Waals surface area contributed by atoms with Crippen LogP contribution in [0.3, 0.4) is 0 Å². The molecule has 2 aromatic carbocycles. The highest BCUT2D eigenvalue weighted by atomic mass is 16.6. The number of nitrogens with zero attached hydrogens (tertiary/aromatic N) is 1. The summed E-state index contributed by atoms with van der Waals surface area (Å²) in [5, 5.41) is 10.7. The van der Waals surface area contributed by atoms with Crippen molar-refractivity contribution < 1.29 is 9.66 Å². The summed E-state index contributed by atoms with van der Waals surface area (Å²) >= 11 is 0. The molecular formula is C16H15NO3. The molecule has 0 N–H and O–H groups in total. The normalized spacial score (nSPS) is 20.4. The molecular weight excluding hydrogens is 254 g/mol. The highest BCUT2D eigenvalue weighted by molar-refractivity contribution is 5.33. The van der Waals surface area contributed by atoms with Crippen molar-refractivity contribution in [1.29, 1.82) is 0 Å². The SMILES string of the molecule is O=[N+]([O-])C1C[C@H]1c1ccc(OCc2ccccc2)cc1. The molecule has 20 heavy (non-hydrogen) atoms. The zero-order chi connectivity index (χ0) is 13.9. The summed E-state index contributed by atoms with van der Waals surface area (Å²) in [5.41, 5.74) is 2.14. The van der Waals surface area contributed by atoms with Gasteiger partial charge in [-0.15, -0.1) is 0 Å². The molecule has 4 heteroatoms. The molecule has 102 valence electrons. The highest BCUT2D eigenvalue weighted by Gasteiger charge is 2.49. The maximum Gasteiger partial charge on any atom is 0.221 e. The third-order valence-corrected chi connectivity index (χ3v) is 3.58. The van der Waals surface area contributed by atoms with E-state index in [-0.39, 0.29) is 10.8 Å². The van der Waals surface area contributed by atoms with Crippen LogP contribution < -0.4 is 4.74 Å². The van der Waals surface area contributed by atoms with E-state index in [2.05, 4.69) is 0 Å². The Bertz CT molecular complexity index is 595. The van der Waals surface area contributed by atoms with E-state index in [1.807, 2.05) is 54.6 Å². The molecule has 1 saturated carbocycles. The van der Waals surface area contributed by atoms with E-state index < -0.39 is 6.04 Å². The van der Waals surface area contributed by atoms with Crippen molar-refractivity contribution in [2.24, 2.45) is 0 Å². The van der Waals surface area contributed by atoms with Crippen molar-refractivity contribution in [2.45, 2.75) is 25.0 Å². The molecule has 0 heterocycles. The van der Waals surface area contributed by atoms with Gasteiger partial charge in [0.05, 0.1) is 5.92 Å². The molecule has 2 aromatic rings. The second kappa shape index (κ2) is 5.33. The molecule has 1 aliphatic rings. The Hall–Kier alpha value is -2.36. The number of hydrogen-bond acceptors (Lipinski definition) is 3. The van der Waals surface area contributed by atoms with Gasteiger partial charge in [0.1, 0.15) is 12.4 Å². The Balaban J connectivity index is 1.58. The van der Waals surface area contributed by atoms with Crippen LogP contribution in [0.4, 0.5) is 0 Å². The Labute approximate surface area is 117 Å². The van der Waals surface area contributed by atoms with Crippen molar-refractivity contribution in [3.05, 3.63) is 75.8 Å². The zero-order valence-corrected chi connectivity index (χ0v) is 10.9. The number of ether oxygens (including phenoxy) is 1. The fourth-order valence-corrected chi connectivity index (χ4v) is 2.32. The summed E-state index contributed by atoms with van der Waals surface area (Å²) in [5.74, 6) is 0.865. The molecule has 0 radical (unpaired) electrons. The smallest absolute Gasteiger partial charge is 0.221 e. The van der Waals surface area contributed by atoms with Gasteiger partial charge < -0.3 is 4.74 Å². The molecule has 0 bridgehead atoms. The lowest BCUT2D eigenvalue weighted by molar-refractivity contribution is -0.496. The minimum absolute atomic E-state index is 0.0770. The highest BCUT2D eigenvalue weighted by Crippen LogP contribution is 2.43. The Kier molecular flexibility index (Phi) is 3.37. The van der Waals surface area contributed by atoms with Crippen molar-refractivity contribution in [3.8, 4) is 5.75 Å². The largest absolute Gasteiger partial charge is 0.489 e. The van der Waals surface area contributed by atoms with E-state index in [1.54, 1.807) is 0 Å². The minimum atomic E-state index is -0.397. The third-order valence-electron chi connectivity index (χ3n) is 3.58. The van der Waals surface area contributed by atoms with E-state index in [4.69, 9.17) is 4.74 Å². The summed E-state index contributed by atoms with van der Waals surface area (Å²) < 4.78 is 5.69. The summed E-state index contributed by atoms with van der Waals surface area (Å²) in [6.07, 6.45) is 0.650. The molecule has 0 spiro atoms. The van der Waals surface area contributed by atoms with Gasteiger partial charge in [-0.3, -0.25) is 10.1 Å². The van der Waals surface area contributed by atoms with E-state index in [0.29, 0.717) is 13.0 Å². The van der Waals surface area contributed by atoms with Gasteiger partial charge in [-0.1, -0.05) is 42.5 Å². The van der Waals surface area contributed by atoms with Gasteiger partial charge in [0.2, 0.25) is 6.04 Å². The van der Waals surface area contributed by atoms with Gasteiger partial charge in [-0.05, 0) is 23.3 Å². The van der Waals surface area contributed by atoms with Gasteiger partial charge in [-0.2, -0.15) is 0 Å². The maximum atomic E-state index is 10.7. The quantitative estimate of drug-likeness (QED) is 0.617. The second-order valence-electron chi connectivity index (χ2n) is 5.04. The van der Waals surface area contributed by atoms with Crippen LogP contribution in [0.1, 0.15) is 23.5 Å². The van der Waals surface area contributed by atoms with Crippen LogP contribution in [0, 0.1) is 10.1 Å². The number of benzene rings is 2. The molecule has 3 rings (SSSR count). The predicted octanol–water partition coefficient (Wildman–Crippen LogP) is 3.40. The number of nitro groups is 1. The van der Waals surface area contributed by atoms with Gasteiger partial charge in [0, 0.05) is 11.3 Å². The van der Waals surface area contributed by atoms with Crippen LogP contribution in [0.5, 0.6) is 5.75 Å². The molecule has 0 amide bonds. The van der Waals surface area contributed by atoms with Crippen LogP contribution >= 0.6 is 0 Å². The summed E-state index contributed by atoms with van der Waals surface area (Å²) in [4.78, 5) is 10.5. The monoisotopic (exact) mass is 269 g/mol. The molecule has 1 unspecified atom stereocenters. The number of hydrogen-bond donors (Lipinski definition) is 0. The van der Waals surface area contributed by atoms with Crippen LogP contribution in [0.15, 0.2) is 54.6 Å². The van der Waals surface area contributed by atoms with Crippen LogP contribution in [-0.2, 0) is 6.61 Å². The van der Waals surface area contributed by atoms with E-state index in [0.717, 1.165) is 16.9 Å². The third kappa shape index (κ3) is 2.79. The first-order valence-electron chi connectivity index (χ1n) is 6.64. The van der Waals surface area contributed by atoms with Crippen molar-refractivity contribution >= 4 is 0 Å². The first-order chi connectivity index (χ1) is 9.74. The molecule has 1 fully saturated rings. The molecule has 1 aliphatic carbocycles. The fraction of sp³-hybridized carbons (Fsp3) is 0.250. The summed E-state index contributed by atoms with van der Waals surface area (Å²) in [7, 11) is 0. The van der Waals surface area contributed by atoms with Gasteiger partial charge >= 0.3 is 0 Å². The molecule has 0 saturated heterocycles. The average molecular weight is 269 g/mol. The van der Waals surface area contributed by atoms with Crippen molar-refractivity contribution in [2.75, 3.05) is 0 Å². The van der Waals surface area contributed by atoms with Crippen molar-refractivity contribution in [3.63, 3.8) is 0 Å². The van der Waals surface area contributed by atoms with Crippen LogP contribution in [-0.4, -0.2) is 11.0 Å². The van der Waals surface area contributed by atoms with Crippen LogP contribution in [0.25, 0.3) is 0 Å². The maximum absolute atomic E-state index is 10.7. The zero-order valence-electron chi connectivity index (χ0n) is 10.9. The fourth-order valence-electron chi connectivity index (χ4n) is 2.32. The number of rotatable bonds is 5. The minimum Gasteiger partial charge on any atom is -0.489 e. The second-order valence-corrected chi connectivity index (χ2v) is 5.04. The average Bonchev–Trinajstić information content (AvgIpc) is 3.27. The summed E-state index contributed by atoms with van der Waals surface area (Å²) in [6.45, 7) is 0.529. The lowest BCUT2D eigenvalue weighted by atomic mass is 10.1. The Morgan fingerprint density at radius 2 is 1.80 bits per heavy atom. The Morgan fingerprint density at radius 3 is 2.40 bits per heavy atom. The standard InChI is InChI=1S/C16H15NO3/c18-17(19)16-10-15(16)13-6-8-14(9-7-13)20-11-12-4-2-1-3-5-12/h1-9,15-16H,10-11H2/t15-,16?/m0/s1. The van der Waals surface area contributed by atoms with E-state index in [9.17, 15) is 10.1 Å². The van der Waals surface area contributed by atoms with Gasteiger partial charge in [0.25, 0.3) is 0 Å². The molecule has 2 atom stereocenters. The first-order valence-corrected chi connectivity index (χ1v) is 6.64. The molecule has 0 aromatic heterocycles. The van der Waals surface area contributed by atoms with Crippen molar-refractivity contribution in [1.82, 2.24) is 0 Å². The predicted molar refractivity (Wildman–Crippen MR) is 75.4 cm³/mol. The van der Waals surface area contributed by atoms with Gasteiger partial charge in [-0.25, -0.2) is 0 Å². The lowest BCUT2D eigenvalue weighted by Crippen LogP contribution is -2.02. The topological polar surface area (TPSA) is 52.4 Å². The van der Waals surface area contributed by atoms with Gasteiger partial charge in [0.15, 0.2) is 0 Å². The lowest BCUT2D eigenvalue weighted by Gasteiger charge is -2.07. The first kappa shape index (κ1) is 12.7. The van der Waals surface area contributed by atoms with E-state index in [1.165, 1.54) is 0 Å². The van der Waals surface area contributed by atoms with E-state index >= 15 is 0 Å². The Morgan fingerprint density at radius 1 is 1.10 bits per heavy atom. The molecule has 4 nitrogen and oxygen atoms in total. The van der Waals surface area contributed by atoms with Crippen LogP contribution in [0.2, 0.25) is 0 Å². The summed E-state index contributed by atoms with van der Waals surface area (Å²) in [6, 6.07) is 17.2. The molecule has 0 aliphatic heterocycles.